The Balaban J connectivity index is 2.44. The maximum Gasteiger partial charge on any atom is 0.416 e. The zero-order chi connectivity index (χ0) is 16.9. The fourth-order valence-corrected chi connectivity index (χ4v) is 1.96. The summed E-state index contributed by atoms with van der Waals surface area (Å²) in [5.74, 6) is -1.11. The second-order valence-corrected chi connectivity index (χ2v) is 4.59. The topological polar surface area (TPSA) is 50.2 Å². The van der Waals surface area contributed by atoms with Gasteiger partial charge in [-0.05, 0) is 41.0 Å². The standard InChI is InChI=1S/C17H12F3NO2/c18-17(19,20)14-6-4-12(5-7-14)15(2-1-3-16(22)23)13-8-10-21-11-9-13/h1-11H,(H,22,23)/b3-1+,15-2+. The number of allylic oxidation sites excluding steroid dienone is 2. The van der Waals surface area contributed by atoms with E-state index in [1.54, 1.807) is 24.5 Å². The van der Waals surface area contributed by atoms with Crippen LogP contribution in [-0.4, -0.2) is 16.1 Å². The molecule has 0 atom stereocenters. The number of rotatable bonds is 4. The van der Waals surface area contributed by atoms with Gasteiger partial charge >= 0.3 is 12.1 Å². The van der Waals surface area contributed by atoms with Crippen LogP contribution in [0, 0.1) is 0 Å². The molecular weight excluding hydrogens is 307 g/mol. The molecule has 0 saturated heterocycles. The van der Waals surface area contributed by atoms with Crippen LogP contribution in [0.4, 0.5) is 13.2 Å². The summed E-state index contributed by atoms with van der Waals surface area (Å²) in [7, 11) is 0. The van der Waals surface area contributed by atoms with E-state index in [1.165, 1.54) is 24.3 Å². The molecule has 1 heterocycles. The molecule has 0 spiro atoms. The van der Waals surface area contributed by atoms with Crippen molar-refractivity contribution in [3.05, 3.63) is 83.7 Å². The fourth-order valence-electron chi connectivity index (χ4n) is 1.96. The lowest BCUT2D eigenvalue weighted by Crippen LogP contribution is -2.04. The summed E-state index contributed by atoms with van der Waals surface area (Å²) in [5, 5.41) is 8.64. The second kappa shape index (κ2) is 6.91. The fraction of sp³-hybridized carbons (Fsp3) is 0.0588. The zero-order valence-corrected chi connectivity index (χ0v) is 11.8. The Kier molecular flexibility index (Phi) is 4.95. The average molecular weight is 319 g/mol. The third-order valence-corrected chi connectivity index (χ3v) is 3.02. The molecule has 0 unspecified atom stereocenters. The number of pyridine rings is 1. The van der Waals surface area contributed by atoms with Crippen molar-refractivity contribution in [2.75, 3.05) is 0 Å². The molecule has 118 valence electrons. The molecule has 2 rings (SSSR count). The van der Waals surface area contributed by atoms with Gasteiger partial charge in [-0.2, -0.15) is 13.2 Å². The molecule has 0 amide bonds. The largest absolute Gasteiger partial charge is 0.478 e. The smallest absolute Gasteiger partial charge is 0.416 e. The summed E-state index contributed by atoms with van der Waals surface area (Å²) >= 11 is 0. The van der Waals surface area contributed by atoms with Crippen molar-refractivity contribution >= 4 is 11.5 Å². The molecule has 23 heavy (non-hydrogen) atoms. The summed E-state index contributed by atoms with van der Waals surface area (Å²) in [6, 6.07) is 8.07. The van der Waals surface area contributed by atoms with E-state index in [4.69, 9.17) is 5.11 Å². The molecule has 1 aromatic heterocycles. The molecule has 3 nitrogen and oxygen atoms in total. The molecular formula is C17H12F3NO2. The first-order valence-electron chi connectivity index (χ1n) is 6.57. The minimum atomic E-state index is -4.40. The maximum absolute atomic E-state index is 12.6. The number of aromatic nitrogens is 1. The van der Waals surface area contributed by atoms with Gasteiger partial charge in [0.25, 0.3) is 0 Å². The van der Waals surface area contributed by atoms with Gasteiger partial charge in [0.1, 0.15) is 0 Å². The molecule has 1 N–H and O–H groups in total. The third kappa shape index (κ3) is 4.54. The molecule has 0 saturated carbocycles. The Hall–Kier alpha value is -2.89. The first kappa shape index (κ1) is 16.5. The van der Waals surface area contributed by atoms with Crippen LogP contribution in [0.1, 0.15) is 16.7 Å². The van der Waals surface area contributed by atoms with E-state index in [9.17, 15) is 18.0 Å². The van der Waals surface area contributed by atoms with Crippen LogP contribution in [-0.2, 0) is 11.0 Å². The van der Waals surface area contributed by atoms with Crippen LogP contribution in [0.5, 0.6) is 0 Å². The van der Waals surface area contributed by atoms with Crippen LogP contribution in [0.2, 0.25) is 0 Å². The highest BCUT2D eigenvalue weighted by Crippen LogP contribution is 2.31. The second-order valence-electron chi connectivity index (χ2n) is 4.59. The Morgan fingerprint density at radius 1 is 1.00 bits per heavy atom. The van der Waals surface area contributed by atoms with Gasteiger partial charge in [-0.3, -0.25) is 4.98 Å². The van der Waals surface area contributed by atoms with Gasteiger partial charge in [0, 0.05) is 18.5 Å². The molecule has 0 aliphatic carbocycles. The van der Waals surface area contributed by atoms with Crippen LogP contribution in [0.3, 0.4) is 0 Å². The van der Waals surface area contributed by atoms with Crippen LogP contribution in [0.15, 0.2) is 67.0 Å². The van der Waals surface area contributed by atoms with E-state index in [1.807, 2.05) is 0 Å². The molecule has 0 fully saturated rings. The number of nitrogens with zero attached hydrogens (tertiary/aromatic N) is 1. The first-order valence-corrected chi connectivity index (χ1v) is 6.57. The van der Waals surface area contributed by atoms with Gasteiger partial charge < -0.3 is 5.11 Å². The quantitative estimate of drug-likeness (QED) is 0.679. The Morgan fingerprint density at radius 2 is 1.57 bits per heavy atom. The number of alkyl halides is 3. The van der Waals surface area contributed by atoms with Gasteiger partial charge in [0.05, 0.1) is 5.56 Å². The number of hydrogen-bond donors (Lipinski definition) is 1. The molecule has 0 radical (unpaired) electrons. The van der Waals surface area contributed by atoms with E-state index >= 15 is 0 Å². The average Bonchev–Trinajstić information content (AvgIpc) is 2.51. The normalized spacial score (nSPS) is 12.6. The van der Waals surface area contributed by atoms with Crippen molar-refractivity contribution < 1.29 is 23.1 Å². The first-order chi connectivity index (χ1) is 10.9. The van der Waals surface area contributed by atoms with Crippen molar-refractivity contribution in [2.24, 2.45) is 0 Å². The summed E-state index contributed by atoms with van der Waals surface area (Å²) in [6.07, 6.45) is 2.51. The van der Waals surface area contributed by atoms with E-state index in [2.05, 4.69) is 4.98 Å². The maximum atomic E-state index is 12.6. The summed E-state index contributed by atoms with van der Waals surface area (Å²) in [6.45, 7) is 0. The summed E-state index contributed by atoms with van der Waals surface area (Å²) in [4.78, 5) is 14.4. The van der Waals surface area contributed by atoms with Crippen molar-refractivity contribution in [1.29, 1.82) is 0 Å². The van der Waals surface area contributed by atoms with E-state index in [0.29, 0.717) is 11.1 Å². The Morgan fingerprint density at radius 3 is 2.09 bits per heavy atom. The molecule has 0 bridgehead atoms. The van der Waals surface area contributed by atoms with Crippen LogP contribution >= 0.6 is 0 Å². The lowest BCUT2D eigenvalue weighted by Gasteiger charge is -2.10. The third-order valence-electron chi connectivity index (χ3n) is 3.02. The number of benzene rings is 1. The number of carboxylic acid groups (broad SMARTS) is 1. The Bertz CT molecular complexity index is 733. The highest BCUT2D eigenvalue weighted by Gasteiger charge is 2.30. The van der Waals surface area contributed by atoms with Gasteiger partial charge in [-0.1, -0.05) is 24.3 Å². The number of carbonyl (C=O) groups is 1. The van der Waals surface area contributed by atoms with E-state index < -0.39 is 17.7 Å². The van der Waals surface area contributed by atoms with Crippen LogP contribution in [0.25, 0.3) is 5.57 Å². The number of hydrogen-bond acceptors (Lipinski definition) is 2. The lowest BCUT2D eigenvalue weighted by molar-refractivity contribution is -0.137. The predicted octanol–water partition coefficient (Wildman–Crippen LogP) is 4.17. The highest BCUT2D eigenvalue weighted by molar-refractivity contribution is 5.83. The van der Waals surface area contributed by atoms with Gasteiger partial charge in [0.15, 0.2) is 0 Å². The van der Waals surface area contributed by atoms with Gasteiger partial charge in [-0.25, -0.2) is 4.79 Å². The van der Waals surface area contributed by atoms with Crippen molar-refractivity contribution in [1.82, 2.24) is 4.98 Å². The molecule has 6 heteroatoms. The minimum absolute atomic E-state index is 0.541. The van der Waals surface area contributed by atoms with Crippen molar-refractivity contribution in [2.45, 2.75) is 6.18 Å². The number of carboxylic acids is 1. The molecule has 1 aromatic carbocycles. The molecule has 0 aliphatic heterocycles. The van der Waals surface area contributed by atoms with Gasteiger partial charge in [0.2, 0.25) is 0 Å². The molecule has 2 aromatic rings. The summed E-state index contributed by atoms with van der Waals surface area (Å²) < 4.78 is 37.9. The number of aliphatic carboxylic acids is 1. The molecule has 0 aliphatic rings. The van der Waals surface area contributed by atoms with Gasteiger partial charge in [-0.15, -0.1) is 0 Å². The monoisotopic (exact) mass is 319 g/mol. The van der Waals surface area contributed by atoms with Crippen LogP contribution < -0.4 is 0 Å². The lowest BCUT2D eigenvalue weighted by atomic mass is 9.97. The highest BCUT2D eigenvalue weighted by atomic mass is 19.4. The minimum Gasteiger partial charge on any atom is -0.478 e. The summed E-state index contributed by atoms with van der Waals surface area (Å²) in [5.41, 5.74) is 1.11. The zero-order valence-electron chi connectivity index (χ0n) is 11.8. The number of halogens is 3. The Labute approximate surface area is 130 Å². The van der Waals surface area contributed by atoms with Crippen molar-refractivity contribution in [3.8, 4) is 0 Å². The van der Waals surface area contributed by atoms with E-state index in [0.717, 1.165) is 23.8 Å². The van der Waals surface area contributed by atoms with Crippen molar-refractivity contribution in [3.63, 3.8) is 0 Å². The predicted molar refractivity (Wildman–Crippen MR) is 79.5 cm³/mol. The van der Waals surface area contributed by atoms with E-state index in [-0.39, 0.29) is 0 Å². The SMILES string of the molecule is O=C(O)/C=C/C=C(/c1ccncc1)c1ccc(C(F)(F)F)cc1.